The molecule has 0 saturated heterocycles. The van der Waals surface area contributed by atoms with Gasteiger partial charge in [0.05, 0.1) is 22.9 Å². The van der Waals surface area contributed by atoms with Gasteiger partial charge in [-0.15, -0.1) is 0 Å². The number of ether oxygens (including phenoxy) is 2. The Bertz CT molecular complexity index is 1600. The van der Waals surface area contributed by atoms with Gasteiger partial charge in [0.2, 0.25) is 0 Å². The average Bonchev–Trinajstić information content (AvgIpc) is 2.95. The van der Waals surface area contributed by atoms with Crippen LogP contribution in [0.1, 0.15) is 44.5 Å². The molecule has 0 aliphatic carbocycles. The SMILES string of the molecule is Cc1cc(C)c(O)c(OC(=O)[O-])c1.Cc1cc(C)c(O)c(OC(=O)[O-])c1.Cc1cccc(C)c1N=CC=Nc1c(C)cccc1C.[Ni+2]. The maximum Gasteiger partial charge on any atom is 2.00 e. The summed E-state index contributed by atoms with van der Waals surface area (Å²) in [5.41, 5.74) is 9.54. The Kier molecular flexibility index (Phi) is 15.9. The van der Waals surface area contributed by atoms with E-state index in [-0.39, 0.29) is 39.5 Å². The summed E-state index contributed by atoms with van der Waals surface area (Å²) in [5, 5.41) is 38.9. The summed E-state index contributed by atoms with van der Waals surface area (Å²) in [7, 11) is 0. The number of para-hydroxylation sites is 2. The Morgan fingerprint density at radius 2 is 0.872 bits per heavy atom. The number of aliphatic imine (C=N–C) groups is 2. The third kappa shape index (κ3) is 12.6. The number of carbonyl (C=O) groups is 2. The fourth-order valence-corrected chi connectivity index (χ4v) is 4.41. The van der Waals surface area contributed by atoms with Crippen molar-refractivity contribution in [2.75, 3.05) is 0 Å². The van der Waals surface area contributed by atoms with E-state index in [0.29, 0.717) is 11.1 Å². The first kappa shape index (κ1) is 39.9. The van der Waals surface area contributed by atoms with Crippen LogP contribution < -0.4 is 19.7 Å². The normalized spacial score (nSPS) is 10.3. The number of hydrogen-bond acceptors (Lipinski definition) is 10. The molecule has 250 valence electrons. The van der Waals surface area contributed by atoms with E-state index < -0.39 is 12.3 Å². The predicted molar refractivity (Wildman–Crippen MR) is 175 cm³/mol. The molecule has 0 spiro atoms. The second-order valence-electron chi connectivity index (χ2n) is 10.6. The number of carboxylic acid groups (broad SMARTS) is 2. The minimum Gasteiger partial charge on any atom is -0.510 e. The van der Waals surface area contributed by atoms with Gasteiger partial charge in [0, 0.05) is 12.4 Å². The van der Waals surface area contributed by atoms with E-state index in [9.17, 15) is 30.0 Å². The van der Waals surface area contributed by atoms with E-state index in [0.717, 1.165) is 22.5 Å². The van der Waals surface area contributed by atoms with Crippen LogP contribution in [0.2, 0.25) is 0 Å². The minimum atomic E-state index is -1.68. The number of hydrogen-bond donors (Lipinski definition) is 2. The first-order chi connectivity index (χ1) is 21.6. The van der Waals surface area contributed by atoms with E-state index in [1.807, 2.05) is 0 Å². The third-order valence-corrected chi connectivity index (χ3v) is 6.56. The van der Waals surface area contributed by atoms with Crippen molar-refractivity contribution in [2.45, 2.75) is 55.4 Å². The van der Waals surface area contributed by atoms with Crippen LogP contribution in [-0.2, 0) is 16.5 Å². The molecule has 0 aromatic heterocycles. The molecule has 4 aromatic rings. The molecule has 4 rings (SSSR count). The predicted octanol–water partition coefficient (Wildman–Crippen LogP) is 6.48. The maximum atomic E-state index is 10.1. The molecule has 0 radical (unpaired) electrons. The molecule has 4 aromatic carbocycles. The minimum absolute atomic E-state index is 0. The number of carbonyl (C=O) groups excluding carboxylic acids is 2. The van der Waals surface area contributed by atoms with Crippen molar-refractivity contribution >= 4 is 36.1 Å². The largest absolute Gasteiger partial charge is 2.00 e. The van der Waals surface area contributed by atoms with E-state index in [2.05, 4.69) is 83.6 Å². The van der Waals surface area contributed by atoms with Crippen LogP contribution >= 0.6 is 0 Å². The van der Waals surface area contributed by atoms with E-state index >= 15 is 0 Å². The number of aromatic hydroxyl groups is 2. The molecular formula is C36H38N2NiO8. The van der Waals surface area contributed by atoms with Gasteiger partial charge in [0.15, 0.2) is 0 Å². The zero-order valence-corrected chi connectivity index (χ0v) is 28.5. The molecule has 0 aliphatic rings. The van der Waals surface area contributed by atoms with E-state index in [1.165, 1.54) is 34.4 Å². The molecule has 11 heteroatoms. The zero-order chi connectivity index (χ0) is 34.6. The number of aryl methyl sites for hydroxylation is 8. The molecule has 0 bridgehead atoms. The van der Waals surface area contributed by atoms with Crippen LogP contribution in [0.5, 0.6) is 23.0 Å². The molecule has 0 amide bonds. The van der Waals surface area contributed by atoms with Gasteiger partial charge >= 0.3 is 16.5 Å². The Morgan fingerprint density at radius 3 is 1.15 bits per heavy atom. The van der Waals surface area contributed by atoms with Crippen LogP contribution in [0.4, 0.5) is 21.0 Å². The standard InChI is InChI=1S/C18H20N2.2C9H10O4.Ni/c1-13-7-5-8-14(2)17(13)19-11-12-20-18-15(3)9-6-10-16(18)4;2*1-5-3-6(2)8(10)7(4-5)13-9(11)12;/h5-12H,1-4H3;2*3-4,10H,1-2H3,(H,11,12);/q;;;+2/p-2. The summed E-state index contributed by atoms with van der Waals surface area (Å²) in [6.45, 7) is 15.1. The van der Waals surface area contributed by atoms with Crippen LogP contribution in [0.25, 0.3) is 0 Å². The molecule has 10 nitrogen and oxygen atoms in total. The summed E-state index contributed by atoms with van der Waals surface area (Å²) >= 11 is 0. The van der Waals surface area contributed by atoms with Crippen molar-refractivity contribution in [3.05, 3.63) is 105 Å². The van der Waals surface area contributed by atoms with Crippen LogP contribution in [-0.4, -0.2) is 35.0 Å². The first-order valence-corrected chi connectivity index (χ1v) is 14.2. The first-order valence-electron chi connectivity index (χ1n) is 14.2. The van der Waals surface area contributed by atoms with E-state index in [1.54, 1.807) is 52.3 Å². The summed E-state index contributed by atoms with van der Waals surface area (Å²) in [4.78, 5) is 29.2. The average molecular weight is 685 g/mol. The summed E-state index contributed by atoms with van der Waals surface area (Å²) in [6, 6.07) is 18.7. The van der Waals surface area contributed by atoms with Gasteiger partial charge in [-0.3, -0.25) is 9.98 Å². The van der Waals surface area contributed by atoms with Gasteiger partial charge in [-0.25, -0.2) is 0 Å². The topological polar surface area (TPSA) is 164 Å². The molecule has 2 N–H and O–H groups in total. The Hall–Kier alpha value is -5.15. The number of nitrogens with zero attached hydrogens (tertiary/aromatic N) is 2. The number of benzene rings is 4. The summed E-state index contributed by atoms with van der Waals surface area (Å²) in [6.07, 6.45) is 0.170. The van der Waals surface area contributed by atoms with Crippen molar-refractivity contribution in [1.29, 1.82) is 0 Å². The number of phenolic OH excluding ortho intramolecular Hbond substituents is 2. The van der Waals surface area contributed by atoms with Crippen molar-refractivity contribution in [3.8, 4) is 23.0 Å². The smallest absolute Gasteiger partial charge is 0.510 e. The van der Waals surface area contributed by atoms with Gasteiger partial charge < -0.3 is 39.5 Å². The maximum absolute atomic E-state index is 10.1. The van der Waals surface area contributed by atoms with Crippen LogP contribution in [0.15, 0.2) is 70.6 Å². The molecule has 0 unspecified atom stereocenters. The van der Waals surface area contributed by atoms with Crippen LogP contribution in [0.3, 0.4) is 0 Å². The van der Waals surface area contributed by atoms with Gasteiger partial charge in [0.1, 0.15) is 11.5 Å². The van der Waals surface area contributed by atoms with Gasteiger partial charge in [-0.05, 0) is 112 Å². The molecule has 0 aliphatic heterocycles. The molecular weight excluding hydrogens is 647 g/mol. The summed E-state index contributed by atoms with van der Waals surface area (Å²) in [5.74, 6) is -0.514. The number of rotatable bonds is 5. The molecule has 0 heterocycles. The van der Waals surface area contributed by atoms with Crippen molar-refractivity contribution in [3.63, 3.8) is 0 Å². The zero-order valence-electron chi connectivity index (χ0n) is 27.5. The molecule has 0 fully saturated rings. The quantitative estimate of drug-likeness (QED) is 0.104. The van der Waals surface area contributed by atoms with Gasteiger partial charge in [-0.2, -0.15) is 0 Å². The summed E-state index contributed by atoms with van der Waals surface area (Å²) < 4.78 is 8.52. The van der Waals surface area contributed by atoms with Crippen LogP contribution in [0, 0.1) is 55.4 Å². The van der Waals surface area contributed by atoms with Crippen molar-refractivity contribution in [1.82, 2.24) is 0 Å². The Labute approximate surface area is 285 Å². The van der Waals surface area contributed by atoms with Gasteiger partial charge in [0.25, 0.3) is 12.3 Å². The second kappa shape index (κ2) is 18.7. The third-order valence-electron chi connectivity index (χ3n) is 6.56. The van der Waals surface area contributed by atoms with Crippen molar-refractivity contribution < 1.29 is 56.0 Å². The fraction of sp³-hybridized carbons (Fsp3) is 0.222. The monoisotopic (exact) mass is 684 g/mol. The number of phenols is 2. The molecule has 0 atom stereocenters. The molecule has 0 saturated carbocycles. The van der Waals surface area contributed by atoms with Crippen molar-refractivity contribution in [2.24, 2.45) is 9.98 Å². The van der Waals surface area contributed by atoms with Gasteiger partial charge in [-0.1, -0.05) is 48.5 Å². The molecule has 47 heavy (non-hydrogen) atoms. The Morgan fingerprint density at radius 1 is 0.574 bits per heavy atom. The Balaban J connectivity index is 0.000000362. The fourth-order valence-electron chi connectivity index (χ4n) is 4.41. The van der Waals surface area contributed by atoms with E-state index in [4.69, 9.17) is 0 Å². The second-order valence-corrected chi connectivity index (χ2v) is 10.6.